The molecule has 24 heavy (non-hydrogen) atoms. The third-order valence-corrected chi connectivity index (χ3v) is 5.21. The van der Waals surface area contributed by atoms with E-state index >= 15 is 0 Å². The van der Waals surface area contributed by atoms with E-state index < -0.39 is 0 Å². The van der Waals surface area contributed by atoms with Crippen LogP contribution in [0.4, 0.5) is 0 Å². The number of hydrogen-bond donors (Lipinski definition) is 1. The number of guanidine groups is 1. The fraction of sp³-hybridized carbons (Fsp3) is 0.789. The molecule has 1 aliphatic rings. The number of nitrogens with one attached hydrogen (secondary N) is 1. The fourth-order valence-corrected chi connectivity index (χ4v) is 3.96. The zero-order valence-corrected chi connectivity index (χ0v) is 16.1. The van der Waals surface area contributed by atoms with E-state index in [9.17, 15) is 0 Å². The van der Waals surface area contributed by atoms with Crippen LogP contribution in [0.15, 0.2) is 9.52 Å². The van der Waals surface area contributed by atoms with Crippen molar-refractivity contribution in [2.24, 2.45) is 10.4 Å². The summed E-state index contributed by atoms with van der Waals surface area (Å²) in [5.74, 6) is 2.00. The van der Waals surface area contributed by atoms with E-state index in [1.165, 1.54) is 31.2 Å². The minimum Gasteiger partial charge on any atom is -0.361 e. The summed E-state index contributed by atoms with van der Waals surface area (Å²) in [6.45, 7) is 11.9. The Balaban J connectivity index is 1.82. The van der Waals surface area contributed by atoms with Crippen molar-refractivity contribution in [2.75, 3.05) is 26.7 Å². The van der Waals surface area contributed by atoms with E-state index in [1.807, 2.05) is 20.9 Å². The molecule has 1 aromatic heterocycles. The number of likely N-dealkylation sites (tertiary alicyclic amines) is 1. The number of aryl methyl sites for hydroxylation is 2. The lowest BCUT2D eigenvalue weighted by atomic mass is 9.78. The molecule has 1 atom stereocenters. The molecule has 0 radical (unpaired) electrons. The molecule has 5 nitrogen and oxygen atoms in total. The highest BCUT2D eigenvalue weighted by atomic mass is 16.5. The summed E-state index contributed by atoms with van der Waals surface area (Å²) in [7, 11) is 1.89. The highest BCUT2D eigenvalue weighted by Gasteiger charge is 2.31. The largest absolute Gasteiger partial charge is 0.361 e. The first-order valence-electron chi connectivity index (χ1n) is 9.36. The Morgan fingerprint density at radius 1 is 1.42 bits per heavy atom. The molecule has 1 N–H and O–H groups in total. The topological polar surface area (TPSA) is 53.7 Å². The lowest BCUT2D eigenvalue weighted by Gasteiger charge is -2.42. The van der Waals surface area contributed by atoms with Crippen molar-refractivity contribution in [3.8, 4) is 0 Å². The number of aliphatic imine (C=N–C) groups is 1. The van der Waals surface area contributed by atoms with Gasteiger partial charge in [-0.3, -0.25) is 4.99 Å². The van der Waals surface area contributed by atoms with Crippen molar-refractivity contribution in [3.05, 3.63) is 17.0 Å². The number of aromatic nitrogens is 1. The van der Waals surface area contributed by atoms with Crippen LogP contribution in [0, 0.1) is 19.3 Å². The molecule has 136 valence electrons. The molecule has 2 heterocycles. The second-order valence-electron chi connectivity index (χ2n) is 7.47. The lowest BCUT2D eigenvalue weighted by molar-refractivity contribution is 0.142. The Bertz CT molecular complexity index is 528. The molecule has 0 amide bonds. The lowest BCUT2D eigenvalue weighted by Crippen LogP contribution is -2.50. The van der Waals surface area contributed by atoms with Crippen LogP contribution in [0.5, 0.6) is 0 Å². The molecule has 2 rings (SSSR count). The summed E-state index contributed by atoms with van der Waals surface area (Å²) in [6, 6.07) is 0. The van der Waals surface area contributed by atoms with Crippen LogP contribution in [0.1, 0.15) is 63.0 Å². The minimum absolute atomic E-state index is 0.432. The van der Waals surface area contributed by atoms with Crippen LogP contribution in [0.2, 0.25) is 0 Å². The van der Waals surface area contributed by atoms with E-state index in [0.717, 1.165) is 49.9 Å². The third kappa shape index (κ3) is 4.74. The number of nitrogens with zero attached hydrogens (tertiary/aromatic N) is 3. The van der Waals surface area contributed by atoms with E-state index in [-0.39, 0.29) is 0 Å². The van der Waals surface area contributed by atoms with Crippen LogP contribution < -0.4 is 5.32 Å². The van der Waals surface area contributed by atoms with Gasteiger partial charge in [0, 0.05) is 32.2 Å². The second kappa shape index (κ2) is 8.54. The maximum atomic E-state index is 5.23. The average Bonchev–Trinajstić information content (AvgIpc) is 2.86. The molecule has 0 aliphatic carbocycles. The van der Waals surface area contributed by atoms with E-state index in [4.69, 9.17) is 4.52 Å². The van der Waals surface area contributed by atoms with Crippen molar-refractivity contribution in [3.63, 3.8) is 0 Å². The van der Waals surface area contributed by atoms with Gasteiger partial charge in [-0.05, 0) is 51.4 Å². The normalized spacial score (nSPS) is 22.0. The molecular formula is C19H34N4O. The summed E-state index contributed by atoms with van der Waals surface area (Å²) in [5.41, 5.74) is 2.70. The number of rotatable bonds is 6. The van der Waals surface area contributed by atoms with Crippen LogP contribution in [0.3, 0.4) is 0 Å². The Morgan fingerprint density at radius 2 is 2.21 bits per heavy atom. The van der Waals surface area contributed by atoms with Crippen molar-refractivity contribution in [2.45, 2.75) is 66.2 Å². The highest BCUT2D eigenvalue weighted by molar-refractivity contribution is 5.80. The molecule has 0 bridgehead atoms. The Labute approximate surface area is 146 Å². The number of piperidine rings is 1. The van der Waals surface area contributed by atoms with Crippen LogP contribution >= 0.6 is 0 Å². The fourth-order valence-electron chi connectivity index (χ4n) is 3.96. The molecule has 0 saturated carbocycles. The predicted molar refractivity (Wildman–Crippen MR) is 99.5 cm³/mol. The summed E-state index contributed by atoms with van der Waals surface area (Å²) >= 11 is 0. The van der Waals surface area contributed by atoms with Gasteiger partial charge in [0.1, 0.15) is 5.76 Å². The van der Waals surface area contributed by atoms with E-state index in [0.29, 0.717) is 5.41 Å². The van der Waals surface area contributed by atoms with Gasteiger partial charge >= 0.3 is 0 Å². The Morgan fingerprint density at radius 3 is 2.83 bits per heavy atom. The molecule has 0 aromatic carbocycles. The average molecular weight is 335 g/mol. The zero-order chi connectivity index (χ0) is 17.6. The molecule has 0 spiro atoms. The molecule has 1 fully saturated rings. The summed E-state index contributed by atoms with van der Waals surface area (Å²) < 4.78 is 5.23. The van der Waals surface area contributed by atoms with Gasteiger partial charge in [0.05, 0.1) is 5.69 Å². The molecule has 1 aromatic rings. The Kier molecular flexibility index (Phi) is 6.69. The van der Waals surface area contributed by atoms with Crippen LogP contribution in [0.25, 0.3) is 0 Å². The zero-order valence-electron chi connectivity index (χ0n) is 16.1. The van der Waals surface area contributed by atoms with Gasteiger partial charge in [0.15, 0.2) is 5.96 Å². The van der Waals surface area contributed by atoms with Crippen LogP contribution in [-0.2, 0) is 6.42 Å². The van der Waals surface area contributed by atoms with Gasteiger partial charge in [0.2, 0.25) is 0 Å². The smallest absolute Gasteiger partial charge is 0.193 e. The maximum Gasteiger partial charge on any atom is 0.193 e. The molecule has 1 saturated heterocycles. The second-order valence-corrected chi connectivity index (χ2v) is 7.47. The maximum absolute atomic E-state index is 5.23. The Hall–Kier alpha value is -1.52. The molecule has 1 unspecified atom stereocenters. The first kappa shape index (κ1) is 18.8. The van der Waals surface area contributed by atoms with Gasteiger partial charge in [-0.2, -0.15) is 0 Å². The van der Waals surface area contributed by atoms with Gasteiger partial charge < -0.3 is 14.7 Å². The van der Waals surface area contributed by atoms with Crippen LogP contribution in [-0.4, -0.2) is 42.7 Å². The predicted octanol–water partition coefficient (Wildman–Crippen LogP) is 3.70. The van der Waals surface area contributed by atoms with E-state index in [1.54, 1.807) is 0 Å². The highest BCUT2D eigenvalue weighted by Crippen LogP contribution is 2.33. The van der Waals surface area contributed by atoms with Gasteiger partial charge in [-0.1, -0.05) is 25.4 Å². The van der Waals surface area contributed by atoms with E-state index in [2.05, 4.69) is 34.2 Å². The summed E-state index contributed by atoms with van der Waals surface area (Å²) in [6.07, 6.45) is 7.21. The van der Waals surface area contributed by atoms with Crippen molar-refractivity contribution >= 4 is 5.96 Å². The molecule has 5 heteroatoms. The summed E-state index contributed by atoms with van der Waals surface area (Å²) in [4.78, 5) is 6.95. The van der Waals surface area contributed by atoms with Crippen molar-refractivity contribution in [1.82, 2.24) is 15.4 Å². The monoisotopic (exact) mass is 334 g/mol. The minimum atomic E-state index is 0.432. The van der Waals surface area contributed by atoms with Gasteiger partial charge in [-0.25, -0.2) is 0 Å². The SMILES string of the molecule is CCCC1(C)CCCN(C(=NC)NCCCc2c(C)noc2C)C1. The first-order valence-corrected chi connectivity index (χ1v) is 9.36. The van der Waals surface area contributed by atoms with Crippen molar-refractivity contribution < 1.29 is 4.52 Å². The van der Waals surface area contributed by atoms with Crippen molar-refractivity contribution in [1.29, 1.82) is 0 Å². The standard InChI is InChI=1S/C19H34N4O/c1-6-10-19(4)11-8-13-23(14-19)18(20-5)21-12-7-9-17-15(2)22-24-16(17)3/h6-14H2,1-5H3,(H,20,21). The number of hydrogen-bond acceptors (Lipinski definition) is 3. The first-order chi connectivity index (χ1) is 11.5. The quantitative estimate of drug-likeness (QED) is 0.489. The molecule has 1 aliphatic heterocycles. The van der Waals surface area contributed by atoms with Gasteiger partial charge in [0.25, 0.3) is 0 Å². The molecular weight excluding hydrogens is 300 g/mol. The van der Waals surface area contributed by atoms with Gasteiger partial charge in [-0.15, -0.1) is 0 Å². The third-order valence-electron chi connectivity index (χ3n) is 5.21. The summed E-state index contributed by atoms with van der Waals surface area (Å²) in [5, 5.41) is 7.57.